The molecule has 7 heteroatoms. The van der Waals surface area contributed by atoms with Gasteiger partial charge in [-0.1, -0.05) is 23.7 Å². The molecule has 1 heterocycles. The number of para-hydroxylation sites is 2. The van der Waals surface area contributed by atoms with E-state index in [1.807, 2.05) is 41.3 Å². The van der Waals surface area contributed by atoms with Gasteiger partial charge in [-0.2, -0.15) is 0 Å². The molecule has 4 rings (SSSR count). The highest BCUT2D eigenvalue weighted by atomic mass is 35.5. The van der Waals surface area contributed by atoms with Crippen LogP contribution in [0.2, 0.25) is 5.02 Å². The Kier molecular flexibility index (Phi) is 6.94. The number of halogens is 1. The highest BCUT2D eigenvalue weighted by Gasteiger charge is 2.33. The zero-order valence-corrected chi connectivity index (χ0v) is 19.6. The molecule has 1 aliphatic rings. The number of hydrogen-bond donors (Lipinski definition) is 0. The van der Waals surface area contributed by atoms with E-state index in [1.54, 1.807) is 45.6 Å². The van der Waals surface area contributed by atoms with Crippen LogP contribution in [0.25, 0.3) is 0 Å². The van der Waals surface area contributed by atoms with Gasteiger partial charge in [0, 0.05) is 17.1 Å². The SMILES string of the molecule is COc1cc2c(cc1OC)[C@@H](COc1ccccc1OC)N(C(=O)c1ccc(Cl)cc1)CC2. The van der Waals surface area contributed by atoms with Crippen LogP contribution in [0.3, 0.4) is 0 Å². The number of hydrogen-bond acceptors (Lipinski definition) is 5. The van der Waals surface area contributed by atoms with Crippen molar-refractivity contribution in [3.05, 3.63) is 82.4 Å². The Morgan fingerprint density at radius 2 is 1.55 bits per heavy atom. The van der Waals surface area contributed by atoms with Crippen LogP contribution in [-0.4, -0.2) is 45.3 Å². The molecule has 0 N–H and O–H groups in total. The van der Waals surface area contributed by atoms with Gasteiger partial charge in [0.2, 0.25) is 0 Å². The maximum atomic E-state index is 13.5. The number of methoxy groups -OCH3 is 3. The fraction of sp³-hybridized carbons (Fsp3) is 0.269. The summed E-state index contributed by atoms with van der Waals surface area (Å²) >= 11 is 6.02. The van der Waals surface area contributed by atoms with Crippen molar-refractivity contribution in [2.24, 2.45) is 0 Å². The summed E-state index contributed by atoms with van der Waals surface area (Å²) in [5.41, 5.74) is 2.64. The Bertz CT molecular complexity index is 1130. The molecule has 1 amide bonds. The molecule has 0 aliphatic carbocycles. The third kappa shape index (κ3) is 4.71. The number of carbonyl (C=O) groups is 1. The largest absolute Gasteiger partial charge is 0.493 e. The monoisotopic (exact) mass is 467 g/mol. The van der Waals surface area contributed by atoms with Gasteiger partial charge in [-0.3, -0.25) is 4.79 Å². The molecule has 0 unspecified atom stereocenters. The van der Waals surface area contributed by atoms with E-state index in [2.05, 4.69) is 0 Å². The second kappa shape index (κ2) is 10.0. The molecule has 0 saturated carbocycles. The normalized spacial score (nSPS) is 14.9. The molecule has 0 bridgehead atoms. The number of benzene rings is 3. The van der Waals surface area contributed by atoms with Crippen molar-refractivity contribution in [1.29, 1.82) is 0 Å². The summed E-state index contributed by atoms with van der Waals surface area (Å²) in [6.45, 7) is 0.798. The van der Waals surface area contributed by atoms with Crippen LogP contribution >= 0.6 is 11.6 Å². The predicted molar refractivity (Wildman–Crippen MR) is 127 cm³/mol. The van der Waals surface area contributed by atoms with Gasteiger partial charge in [0.05, 0.1) is 27.4 Å². The van der Waals surface area contributed by atoms with E-state index in [4.69, 9.17) is 30.5 Å². The van der Waals surface area contributed by atoms with E-state index < -0.39 is 0 Å². The number of nitrogens with zero attached hydrogens (tertiary/aromatic N) is 1. The van der Waals surface area contributed by atoms with Crippen LogP contribution in [0.4, 0.5) is 0 Å². The van der Waals surface area contributed by atoms with E-state index in [-0.39, 0.29) is 18.6 Å². The molecule has 172 valence electrons. The van der Waals surface area contributed by atoms with Crippen LogP contribution in [0.1, 0.15) is 27.5 Å². The van der Waals surface area contributed by atoms with Crippen LogP contribution in [0, 0.1) is 0 Å². The van der Waals surface area contributed by atoms with Gasteiger partial charge in [-0.25, -0.2) is 0 Å². The first-order valence-corrected chi connectivity index (χ1v) is 11.0. The number of ether oxygens (including phenoxy) is 4. The van der Waals surface area contributed by atoms with Crippen LogP contribution in [-0.2, 0) is 6.42 Å². The van der Waals surface area contributed by atoms with Crippen molar-refractivity contribution in [2.45, 2.75) is 12.5 Å². The van der Waals surface area contributed by atoms with E-state index >= 15 is 0 Å². The molecular weight excluding hydrogens is 442 g/mol. The minimum Gasteiger partial charge on any atom is -0.493 e. The molecule has 0 radical (unpaired) electrons. The lowest BCUT2D eigenvalue weighted by atomic mass is 9.91. The third-order valence-electron chi connectivity index (χ3n) is 5.82. The standard InChI is InChI=1S/C26H26ClNO5/c1-30-22-6-4-5-7-23(22)33-16-21-20-15-25(32-3)24(31-2)14-18(20)12-13-28(21)26(29)17-8-10-19(27)11-9-17/h4-11,14-15,21H,12-13,16H2,1-3H3/t21-/m1/s1. The zero-order chi connectivity index (χ0) is 23.4. The van der Waals surface area contributed by atoms with E-state index in [0.29, 0.717) is 46.5 Å². The third-order valence-corrected chi connectivity index (χ3v) is 6.07. The van der Waals surface area contributed by atoms with Gasteiger partial charge >= 0.3 is 0 Å². The first-order chi connectivity index (χ1) is 16.0. The highest BCUT2D eigenvalue weighted by molar-refractivity contribution is 6.30. The molecule has 1 atom stereocenters. The lowest BCUT2D eigenvalue weighted by molar-refractivity contribution is 0.0587. The number of carbonyl (C=O) groups excluding carboxylic acids is 1. The molecule has 1 aliphatic heterocycles. The van der Waals surface area contributed by atoms with Crippen molar-refractivity contribution in [1.82, 2.24) is 4.90 Å². The maximum Gasteiger partial charge on any atom is 0.254 e. The van der Waals surface area contributed by atoms with Gasteiger partial charge < -0.3 is 23.8 Å². The van der Waals surface area contributed by atoms with Crippen molar-refractivity contribution >= 4 is 17.5 Å². The van der Waals surface area contributed by atoms with Gasteiger partial charge in [-0.05, 0) is 66.1 Å². The van der Waals surface area contributed by atoms with Gasteiger partial charge in [0.25, 0.3) is 5.91 Å². The first-order valence-electron chi connectivity index (χ1n) is 10.6. The summed E-state index contributed by atoms with van der Waals surface area (Å²) < 4.78 is 22.6. The lowest BCUT2D eigenvalue weighted by Crippen LogP contribution is -2.42. The van der Waals surface area contributed by atoms with Crippen LogP contribution < -0.4 is 18.9 Å². The Morgan fingerprint density at radius 3 is 2.21 bits per heavy atom. The predicted octanol–water partition coefficient (Wildman–Crippen LogP) is 5.18. The maximum absolute atomic E-state index is 13.5. The minimum atomic E-state index is -0.332. The molecule has 3 aromatic carbocycles. The highest BCUT2D eigenvalue weighted by Crippen LogP contribution is 2.39. The Hall–Kier alpha value is -3.38. The van der Waals surface area contributed by atoms with E-state index in [9.17, 15) is 4.79 Å². The summed E-state index contributed by atoms with van der Waals surface area (Å²) in [5.74, 6) is 2.45. The van der Waals surface area contributed by atoms with Gasteiger partial charge in [-0.15, -0.1) is 0 Å². The molecule has 0 aromatic heterocycles. The summed E-state index contributed by atoms with van der Waals surface area (Å²) in [7, 11) is 4.82. The number of rotatable bonds is 7. The summed E-state index contributed by atoms with van der Waals surface area (Å²) in [5, 5.41) is 0.587. The molecule has 0 spiro atoms. The van der Waals surface area contributed by atoms with E-state index in [1.165, 1.54) is 0 Å². The van der Waals surface area contributed by atoms with Crippen molar-refractivity contribution in [3.8, 4) is 23.0 Å². The second-order valence-corrected chi connectivity index (χ2v) is 8.08. The first kappa shape index (κ1) is 22.8. The zero-order valence-electron chi connectivity index (χ0n) is 18.8. The van der Waals surface area contributed by atoms with Crippen LogP contribution in [0.15, 0.2) is 60.7 Å². The Labute approximate surface area is 198 Å². The van der Waals surface area contributed by atoms with Crippen molar-refractivity contribution in [3.63, 3.8) is 0 Å². The summed E-state index contributed by atoms with van der Waals surface area (Å²) in [6.07, 6.45) is 0.695. The molecule has 0 fully saturated rings. The van der Waals surface area contributed by atoms with Gasteiger partial charge in [0.15, 0.2) is 23.0 Å². The smallest absolute Gasteiger partial charge is 0.254 e. The number of fused-ring (bicyclic) bond motifs is 1. The summed E-state index contributed by atoms with van der Waals surface area (Å²) in [4.78, 5) is 15.3. The van der Waals surface area contributed by atoms with Crippen LogP contribution in [0.5, 0.6) is 23.0 Å². The fourth-order valence-electron chi connectivity index (χ4n) is 4.12. The van der Waals surface area contributed by atoms with Gasteiger partial charge in [0.1, 0.15) is 6.61 Å². The minimum absolute atomic E-state index is 0.0827. The Morgan fingerprint density at radius 1 is 0.909 bits per heavy atom. The van der Waals surface area contributed by atoms with Crippen molar-refractivity contribution < 1.29 is 23.7 Å². The molecule has 3 aromatic rings. The topological polar surface area (TPSA) is 57.2 Å². The quantitative estimate of drug-likeness (QED) is 0.479. The van der Waals surface area contributed by atoms with E-state index in [0.717, 1.165) is 11.1 Å². The number of amides is 1. The summed E-state index contributed by atoms with van der Waals surface area (Å²) in [6, 6.07) is 18.0. The average Bonchev–Trinajstić information content (AvgIpc) is 2.86. The lowest BCUT2D eigenvalue weighted by Gasteiger charge is -2.37. The van der Waals surface area contributed by atoms with Crippen molar-refractivity contribution in [2.75, 3.05) is 34.5 Å². The second-order valence-electron chi connectivity index (χ2n) is 7.64. The Balaban J connectivity index is 1.71. The average molecular weight is 468 g/mol. The molecule has 0 saturated heterocycles. The molecular formula is C26H26ClNO5. The fourth-order valence-corrected chi connectivity index (χ4v) is 4.24. The molecule has 33 heavy (non-hydrogen) atoms. The molecule has 6 nitrogen and oxygen atoms in total.